The summed E-state index contributed by atoms with van der Waals surface area (Å²) in [4.78, 5) is 23.5. The molecule has 0 unspecified atom stereocenters. The van der Waals surface area contributed by atoms with Crippen LogP contribution >= 0.6 is 0 Å². The van der Waals surface area contributed by atoms with Gasteiger partial charge >= 0.3 is 49.0 Å². The van der Waals surface area contributed by atoms with E-state index in [9.17, 15) is 8.42 Å². The Labute approximate surface area is 108 Å². The van der Waals surface area contributed by atoms with Crippen LogP contribution in [-0.2, 0) is 24.7 Å². The zero-order chi connectivity index (χ0) is 12.2. The van der Waals surface area contributed by atoms with Crippen molar-refractivity contribution in [2.24, 2.45) is 0 Å². The van der Waals surface area contributed by atoms with Gasteiger partial charge in [0.25, 0.3) is 0 Å². The van der Waals surface area contributed by atoms with E-state index in [1.165, 1.54) is 0 Å². The fraction of sp³-hybridized carbons (Fsp3) is 0. The van der Waals surface area contributed by atoms with Crippen molar-refractivity contribution in [1.29, 1.82) is 0 Å². The molecule has 0 spiro atoms. The molecule has 0 saturated heterocycles. The van der Waals surface area contributed by atoms with Crippen molar-refractivity contribution in [3.05, 3.63) is 0 Å². The Morgan fingerprint density at radius 1 is 1.00 bits per heavy atom. The molecule has 15 heavy (non-hydrogen) atoms. The molecule has 0 atom stereocenters. The average molecular weight is 296 g/mol. The predicted molar refractivity (Wildman–Crippen MR) is 37.4 cm³/mol. The second-order valence-electron chi connectivity index (χ2n) is 1.51. The maximum atomic E-state index is 9.53. The van der Waals surface area contributed by atoms with Gasteiger partial charge in [-0.05, 0) is 0 Å². The van der Waals surface area contributed by atoms with Crippen molar-refractivity contribution in [2.75, 3.05) is 0 Å². The molecule has 0 aromatic carbocycles. The van der Waals surface area contributed by atoms with E-state index in [2.05, 4.69) is 3.87 Å². The van der Waals surface area contributed by atoms with Gasteiger partial charge < -0.3 is 18.9 Å². The third-order valence-corrected chi connectivity index (χ3v) is 1.95. The van der Waals surface area contributed by atoms with E-state index < -0.39 is 29.8 Å². The molecule has 15 heteroatoms. The van der Waals surface area contributed by atoms with E-state index in [-0.39, 0.29) is 29.6 Å². The molecule has 0 amide bonds. The summed E-state index contributed by atoms with van der Waals surface area (Å²) in [6.07, 6.45) is 0. The zero-order valence-electron chi connectivity index (χ0n) is 7.00. The van der Waals surface area contributed by atoms with Crippen LogP contribution in [-0.4, -0.2) is 53.9 Å². The maximum Gasteiger partial charge on any atom is 1.00 e. The molecule has 0 aromatic heterocycles. The third-order valence-electron chi connectivity index (χ3n) is 0.217. The van der Waals surface area contributed by atoms with Crippen LogP contribution in [0.4, 0.5) is 0 Å². The normalized spacial score (nSPS) is 12.1. The van der Waals surface area contributed by atoms with Gasteiger partial charge in [0, 0.05) is 0 Å². The largest absolute Gasteiger partial charge is 1.00 e. The Morgan fingerprint density at radius 3 is 1.20 bits per heavy atom. The molecule has 0 fully saturated rings. The van der Waals surface area contributed by atoms with E-state index in [1.54, 1.807) is 0 Å². The average Bonchev–Trinajstić information content (AvgIpc) is 1.42. The second-order valence-corrected chi connectivity index (χ2v) is 5.04. The Bertz CT molecular complexity index is 335. The first kappa shape index (κ1) is 21.2. The van der Waals surface area contributed by atoms with Crippen molar-refractivity contribution in [3.8, 4) is 0 Å². The van der Waals surface area contributed by atoms with Gasteiger partial charge in [-0.15, -0.1) is 0 Å². The summed E-state index contributed by atoms with van der Waals surface area (Å²) in [5.41, 5.74) is 0. The molecule has 11 nitrogen and oxygen atoms in total. The first-order chi connectivity index (χ1) is 5.71. The van der Waals surface area contributed by atoms with Gasteiger partial charge in [0.1, 0.15) is 0 Å². The minimum atomic E-state index is -5.13. The fourth-order valence-corrected chi connectivity index (χ4v) is 1.27. The molecular formula is H5NaO11S2Si. The molecule has 0 radical (unpaired) electrons. The van der Waals surface area contributed by atoms with Gasteiger partial charge in [-0.25, -0.2) is 12.3 Å². The quantitative estimate of drug-likeness (QED) is 0.184. The van der Waals surface area contributed by atoms with E-state index in [0.717, 1.165) is 0 Å². The molecule has 5 N–H and O–H groups in total. The SMILES string of the molecule is O=S(=O)(O)O[Si](O)(O)O.O=S(=O)([O-])O.[Na+]. The Balaban J connectivity index is -0.000000208. The molecule has 88 valence electrons. The molecule has 0 heterocycles. The molecule has 0 aliphatic rings. The van der Waals surface area contributed by atoms with Gasteiger partial charge in [-0.3, -0.25) is 9.11 Å². The second kappa shape index (κ2) is 7.22. The fourth-order valence-electron chi connectivity index (χ4n) is 0.141. The van der Waals surface area contributed by atoms with Crippen LogP contribution in [0.1, 0.15) is 0 Å². The van der Waals surface area contributed by atoms with Gasteiger partial charge in [-0.2, -0.15) is 8.42 Å². The zero-order valence-corrected chi connectivity index (χ0v) is 11.6. The summed E-state index contributed by atoms with van der Waals surface area (Å²) in [6.45, 7) is 0. The van der Waals surface area contributed by atoms with Gasteiger partial charge in [0.2, 0.25) is 10.4 Å². The Kier molecular flexibility index (Phi) is 10.2. The molecule has 0 bridgehead atoms. The minimum Gasteiger partial charge on any atom is -0.726 e. The molecular weight excluding hydrogens is 291 g/mol. The first-order valence-corrected chi connectivity index (χ1v) is 6.72. The number of hydrogen-bond donors (Lipinski definition) is 5. The van der Waals surface area contributed by atoms with Crippen LogP contribution < -0.4 is 29.6 Å². The molecule has 0 saturated carbocycles. The smallest absolute Gasteiger partial charge is 0.726 e. The molecule has 0 aliphatic carbocycles. The summed E-state index contributed by atoms with van der Waals surface area (Å²) in [5.74, 6) is 0. The van der Waals surface area contributed by atoms with Crippen LogP contribution in [0.2, 0.25) is 0 Å². The van der Waals surface area contributed by atoms with Crippen LogP contribution in [0.5, 0.6) is 0 Å². The standard InChI is InChI=1S/Na.H4O7SSi.H2O4S/c;1-8(2,3)7-9(4,5)6;1-5(2,3)4/h;4-6H,(H,1,2,3);(H2,1,2,3,4)/q+1;;/p-1. The van der Waals surface area contributed by atoms with Gasteiger partial charge in [0.15, 0.2) is 0 Å². The molecule has 0 rings (SSSR count). The molecule has 0 aliphatic heterocycles. The third kappa shape index (κ3) is 52.3. The van der Waals surface area contributed by atoms with Crippen molar-refractivity contribution >= 4 is 29.8 Å². The van der Waals surface area contributed by atoms with Crippen molar-refractivity contribution in [2.45, 2.75) is 0 Å². The topological polar surface area (TPSA) is 202 Å². The maximum absolute atomic E-state index is 9.53. The summed E-state index contributed by atoms with van der Waals surface area (Å²) in [6, 6.07) is 0. The van der Waals surface area contributed by atoms with E-state index in [0.29, 0.717) is 0 Å². The Hall–Kier alpha value is 0.837. The monoisotopic (exact) mass is 296 g/mol. The van der Waals surface area contributed by atoms with Crippen LogP contribution in [0.15, 0.2) is 0 Å². The summed E-state index contributed by atoms with van der Waals surface area (Å²) >= 11 is 0. The summed E-state index contributed by atoms with van der Waals surface area (Å²) in [5, 5.41) is 0. The number of hydrogen-bond acceptors (Lipinski definition) is 9. The van der Waals surface area contributed by atoms with Gasteiger partial charge in [0.05, 0.1) is 0 Å². The Morgan fingerprint density at radius 2 is 1.20 bits per heavy atom. The summed E-state index contributed by atoms with van der Waals surface area (Å²) < 4.78 is 62.5. The van der Waals surface area contributed by atoms with Crippen LogP contribution in [0.25, 0.3) is 0 Å². The number of rotatable bonds is 2. The molecule has 0 aromatic rings. The van der Waals surface area contributed by atoms with E-state index in [4.69, 9.17) is 36.5 Å². The minimum absolute atomic E-state index is 0. The van der Waals surface area contributed by atoms with Crippen LogP contribution in [0.3, 0.4) is 0 Å². The van der Waals surface area contributed by atoms with Crippen LogP contribution in [0, 0.1) is 0 Å². The van der Waals surface area contributed by atoms with Crippen molar-refractivity contribution in [1.82, 2.24) is 0 Å². The van der Waals surface area contributed by atoms with Crippen molar-refractivity contribution in [3.63, 3.8) is 0 Å². The van der Waals surface area contributed by atoms with E-state index >= 15 is 0 Å². The first-order valence-electron chi connectivity index (χ1n) is 2.24. The van der Waals surface area contributed by atoms with Crippen molar-refractivity contribution < 1.29 is 78.3 Å². The predicted octanol–water partition coefficient (Wildman–Crippen LogP) is -6.77. The van der Waals surface area contributed by atoms with E-state index in [1.807, 2.05) is 0 Å². The van der Waals surface area contributed by atoms with Gasteiger partial charge in [-0.1, -0.05) is 0 Å². The summed E-state index contributed by atoms with van der Waals surface area (Å²) in [7, 11) is -15.0.